The summed E-state index contributed by atoms with van der Waals surface area (Å²) in [7, 11) is 0. The van der Waals surface area contributed by atoms with E-state index in [9.17, 15) is 0 Å². The number of benzene rings is 9. The van der Waals surface area contributed by atoms with E-state index in [1.165, 1.54) is 162 Å². The first kappa shape index (κ1) is 26.7. The molecule has 15 aromatic carbocycles. The molecule has 6 nitrogen and oxygen atoms in total. The molecule has 2 fully saturated rings. The second kappa shape index (κ2) is 7.68. The first-order valence-corrected chi connectivity index (χ1v) is 20.7. The molecule has 1 saturated heterocycles. The summed E-state index contributed by atoms with van der Waals surface area (Å²) in [4.78, 5) is 30.3. The van der Waals surface area contributed by atoms with Crippen molar-refractivity contribution in [3.8, 4) is 0 Å². The summed E-state index contributed by atoms with van der Waals surface area (Å²) >= 11 is 0. The average molecular weight is 717 g/mol. The van der Waals surface area contributed by atoms with Crippen molar-refractivity contribution in [2.24, 2.45) is 5.41 Å². The molecule has 15 aromatic rings. The molecule has 2 amide bonds. The van der Waals surface area contributed by atoms with Gasteiger partial charge in [0.2, 0.25) is 11.8 Å². The second-order valence-electron chi connectivity index (χ2n) is 18.2. The summed E-state index contributed by atoms with van der Waals surface area (Å²) in [6.45, 7) is 4.13. The quantitative estimate of drug-likeness (QED) is 0.0933. The summed E-state index contributed by atoms with van der Waals surface area (Å²) in [5.74, 6) is -0.750. The Bertz CT molecular complexity index is 3930. The Kier molecular flexibility index (Phi) is 3.66. The van der Waals surface area contributed by atoms with Crippen LogP contribution in [0.15, 0.2) is 48.5 Å². The third-order valence-corrected chi connectivity index (χ3v) is 16.5. The summed E-state index contributed by atoms with van der Waals surface area (Å²) in [6, 6.07) is 19.2. The zero-order chi connectivity index (χ0) is 35.6. The lowest BCUT2D eigenvalue weighted by Crippen LogP contribution is -2.48. The monoisotopic (exact) mass is 716 g/mol. The standard InChI is InChI=1S/C50H28N4O2/c55-48-50(49(56)54-15-13-52-11-1-10-51-12-14-53-48)46-32-22-8-6-20-18-4-2-16-17-3-5-19-21-7-9-23-31-29(21)36-27(19)25(17)34-24(16)26(18)35-28(20)30(22)37-39(32)40(33(23)47(46)50)38(31)45-43(36)41(34)42(35)44(37)45/h2-9,46-47,51-52H,1,10-15H2,(H,53,55)(H,54,56). The van der Waals surface area contributed by atoms with Gasteiger partial charge in [0, 0.05) is 38.0 Å². The number of hydrogen-bond donors (Lipinski definition) is 4. The number of carbonyl (C=O) groups excluding carboxylic acids is 2. The molecule has 4 N–H and O–H groups in total. The van der Waals surface area contributed by atoms with Crippen molar-refractivity contribution in [3.05, 3.63) is 59.7 Å². The molecule has 56 heavy (non-hydrogen) atoms. The van der Waals surface area contributed by atoms with E-state index in [0.717, 1.165) is 19.5 Å². The van der Waals surface area contributed by atoms with Crippen LogP contribution in [0.3, 0.4) is 0 Å². The van der Waals surface area contributed by atoms with Crippen LogP contribution < -0.4 is 21.3 Å². The van der Waals surface area contributed by atoms with E-state index in [2.05, 4.69) is 69.8 Å². The molecule has 2 aliphatic carbocycles. The first-order valence-electron chi connectivity index (χ1n) is 20.7. The van der Waals surface area contributed by atoms with Crippen LogP contribution in [0.4, 0.5) is 0 Å². The van der Waals surface area contributed by atoms with Gasteiger partial charge in [-0.3, -0.25) is 9.59 Å². The molecule has 3 aliphatic rings. The smallest absolute Gasteiger partial charge is 0.237 e. The molecule has 18 rings (SSSR count). The van der Waals surface area contributed by atoms with E-state index in [4.69, 9.17) is 0 Å². The second-order valence-corrected chi connectivity index (χ2v) is 18.2. The van der Waals surface area contributed by atoms with Gasteiger partial charge < -0.3 is 21.3 Å². The van der Waals surface area contributed by atoms with Crippen molar-refractivity contribution in [1.82, 2.24) is 21.3 Å². The van der Waals surface area contributed by atoms with Crippen LogP contribution in [0.25, 0.3) is 151 Å². The fourth-order valence-corrected chi connectivity index (χ4v) is 15.0. The van der Waals surface area contributed by atoms with E-state index in [1.807, 2.05) is 0 Å². The topological polar surface area (TPSA) is 82.3 Å². The van der Waals surface area contributed by atoms with Crippen LogP contribution in [0.2, 0.25) is 0 Å². The van der Waals surface area contributed by atoms with Crippen molar-refractivity contribution in [1.29, 1.82) is 0 Å². The number of amides is 2. The molecule has 0 bridgehead atoms. The molecule has 1 heterocycles. The number of fused-ring (bicyclic) bond motifs is 10. The van der Waals surface area contributed by atoms with E-state index in [-0.39, 0.29) is 23.7 Å². The Hall–Kier alpha value is -6.08. The predicted octanol–water partition coefficient (Wildman–Crippen LogP) is 9.08. The third-order valence-electron chi connectivity index (χ3n) is 16.5. The van der Waals surface area contributed by atoms with Gasteiger partial charge in [-0.2, -0.15) is 0 Å². The van der Waals surface area contributed by atoms with Crippen molar-refractivity contribution < 1.29 is 9.59 Å². The maximum absolute atomic E-state index is 15.2. The lowest BCUT2D eigenvalue weighted by Gasteiger charge is -2.19. The largest absolute Gasteiger partial charge is 0.354 e. The van der Waals surface area contributed by atoms with Crippen LogP contribution in [0.1, 0.15) is 29.4 Å². The maximum Gasteiger partial charge on any atom is 0.237 e. The van der Waals surface area contributed by atoms with Crippen molar-refractivity contribution in [3.63, 3.8) is 0 Å². The van der Waals surface area contributed by atoms with Gasteiger partial charge in [0.15, 0.2) is 0 Å². The summed E-state index contributed by atoms with van der Waals surface area (Å²) in [5.41, 5.74) is 1.24. The van der Waals surface area contributed by atoms with E-state index < -0.39 is 5.41 Å². The van der Waals surface area contributed by atoms with Gasteiger partial charge in [0.1, 0.15) is 5.41 Å². The van der Waals surface area contributed by atoms with Gasteiger partial charge in [0.05, 0.1) is 0 Å². The molecule has 0 radical (unpaired) electrons. The first-order chi connectivity index (χ1) is 27.7. The zero-order valence-electron chi connectivity index (χ0n) is 30.0. The molecule has 1 aliphatic heterocycles. The van der Waals surface area contributed by atoms with Crippen molar-refractivity contribution in [2.45, 2.75) is 18.3 Å². The molecule has 0 aromatic heterocycles. The Balaban J connectivity index is 1.13. The lowest BCUT2D eigenvalue weighted by molar-refractivity contribution is -0.137. The molecule has 6 heteroatoms. The van der Waals surface area contributed by atoms with Gasteiger partial charge in [-0.25, -0.2) is 0 Å². The molecule has 1 saturated carbocycles. The summed E-state index contributed by atoms with van der Waals surface area (Å²) < 4.78 is 0. The Morgan fingerprint density at radius 1 is 0.339 bits per heavy atom. The predicted molar refractivity (Wildman–Crippen MR) is 230 cm³/mol. The average Bonchev–Trinajstić information content (AvgIpc) is 3.79. The normalized spacial score (nSPS) is 22.1. The van der Waals surface area contributed by atoms with Crippen molar-refractivity contribution in [2.75, 3.05) is 39.3 Å². The molecule has 260 valence electrons. The molecule has 2 unspecified atom stereocenters. The van der Waals surface area contributed by atoms with E-state index >= 15 is 9.59 Å². The van der Waals surface area contributed by atoms with Gasteiger partial charge >= 0.3 is 0 Å². The Labute approximate surface area is 315 Å². The highest BCUT2D eigenvalue weighted by molar-refractivity contribution is 6.69. The number of nitrogens with one attached hydrogen (secondary N) is 4. The van der Waals surface area contributed by atoms with E-state index in [1.54, 1.807) is 0 Å². The van der Waals surface area contributed by atoms with Crippen LogP contribution in [0, 0.1) is 5.41 Å². The minimum atomic E-state index is -1.24. The molecular weight excluding hydrogens is 689 g/mol. The SMILES string of the molecule is O=C1NCCNCCCNCCNC(=O)C12C1c3c4ccc5c6ccc7c8ccc9c%10ccc%11c(c%12c3c3c4c5c4c6c7c5c8c9c6c%10c%11c%12c7c3c4c5c67)C12. The van der Waals surface area contributed by atoms with Crippen LogP contribution in [-0.2, 0) is 9.59 Å². The number of rotatable bonds is 0. The van der Waals surface area contributed by atoms with Crippen molar-refractivity contribution >= 4 is 163 Å². The fraction of sp³-hybridized carbons (Fsp3) is 0.200. The molecule has 2 atom stereocenters. The van der Waals surface area contributed by atoms with E-state index in [0.29, 0.717) is 26.2 Å². The summed E-state index contributed by atoms with van der Waals surface area (Å²) in [5, 5.41) is 52.7. The highest BCUT2D eigenvalue weighted by Gasteiger charge is 2.77. The Morgan fingerprint density at radius 3 is 0.982 bits per heavy atom. The maximum atomic E-state index is 15.2. The van der Waals surface area contributed by atoms with Crippen LogP contribution in [0.5, 0.6) is 0 Å². The van der Waals surface area contributed by atoms with Crippen LogP contribution in [-0.4, -0.2) is 51.1 Å². The van der Waals surface area contributed by atoms with Gasteiger partial charge in [0.25, 0.3) is 0 Å². The van der Waals surface area contributed by atoms with Gasteiger partial charge in [-0.05, 0) is 181 Å². The highest BCUT2D eigenvalue weighted by atomic mass is 16.2. The van der Waals surface area contributed by atoms with Crippen LogP contribution >= 0.6 is 0 Å². The molecular formula is C50H28N4O2. The fourth-order valence-electron chi connectivity index (χ4n) is 15.0. The number of hydrogen-bond acceptors (Lipinski definition) is 4. The van der Waals surface area contributed by atoms with Gasteiger partial charge in [-0.1, -0.05) is 48.5 Å². The minimum Gasteiger partial charge on any atom is -0.354 e. The van der Waals surface area contributed by atoms with Gasteiger partial charge in [-0.15, -0.1) is 0 Å². The Morgan fingerprint density at radius 2 is 0.625 bits per heavy atom. The zero-order valence-corrected chi connectivity index (χ0v) is 30.0. The molecule has 1 spiro atoms. The minimum absolute atomic E-state index is 0.126. The third kappa shape index (κ3) is 2.14. The highest BCUT2D eigenvalue weighted by Crippen LogP contribution is 2.79. The number of carbonyl (C=O) groups is 2. The summed E-state index contributed by atoms with van der Waals surface area (Å²) in [6.07, 6.45) is 1.00. The lowest BCUT2D eigenvalue weighted by atomic mass is 9.88.